The Hall–Kier alpha value is -2.64. The van der Waals surface area contributed by atoms with Crippen molar-refractivity contribution in [3.8, 4) is 0 Å². The van der Waals surface area contributed by atoms with Gasteiger partial charge in [0.15, 0.2) is 11.5 Å². The Morgan fingerprint density at radius 3 is 3.04 bits per heavy atom. The number of amides is 3. The smallest absolute Gasteiger partial charge is 0.318 e. The van der Waals surface area contributed by atoms with Gasteiger partial charge in [0.25, 0.3) is 0 Å². The van der Waals surface area contributed by atoms with E-state index in [2.05, 4.69) is 20.8 Å². The summed E-state index contributed by atoms with van der Waals surface area (Å²) in [5.74, 6) is 0.683. The minimum atomic E-state index is -0.452. The molecule has 132 valence electrons. The first-order chi connectivity index (χ1) is 12.2. The lowest BCUT2D eigenvalue weighted by atomic mass is 10.1. The molecule has 2 saturated heterocycles. The van der Waals surface area contributed by atoms with E-state index in [1.165, 1.54) is 0 Å². The minimum absolute atomic E-state index is 0.0884. The fourth-order valence-electron chi connectivity index (χ4n) is 3.67. The summed E-state index contributed by atoms with van der Waals surface area (Å²) in [6.07, 6.45) is 6.25. The molecule has 0 saturated carbocycles. The Bertz CT molecular complexity index is 788. The zero-order chi connectivity index (χ0) is 17.2. The van der Waals surface area contributed by atoms with Crippen molar-refractivity contribution in [2.45, 2.75) is 44.2 Å². The van der Waals surface area contributed by atoms with E-state index in [0.29, 0.717) is 19.5 Å². The van der Waals surface area contributed by atoms with Crippen molar-refractivity contribution in [1.29, 1.82) is 0 Å². The number of pyridine rings is 1. The first-order valence-electron chi connectivity index (χ1n) is 8.88. The van der Waals surface area contributed by atoms with Crippen LogP contribution in [0.25, 0.3) is 5.65 Å². The van der Waals surface area contributed by atoms with Crippen LogP contribution in [0.5, 0.6) is 0 Å². The number of rotatable bonds is 2. The van der Waals surface area contributed by atoms with E-state index in [1.54, 1.807) is 4.90 Å². The lowest BCUT2D eigenvalue weighted by Gasteiger charge is -2.26. The van der Waals surface area contributed by atoms with E-state index < -0.39 is 6.04 Å². The number of carbonyl (C=O) groups is 2. The van der Waals surface area contributed by atoms with Crippen molar-refractivity contribution < 1.29 is 9.59 Å². The number of nitrogens with one attached hydrogen (secondary N) is 2. The normalized spacial score (nSPS) is 24.2. The summed E-state index contributed by atoms with van der Waals surface area (Å²) in [5.41, 5.74) is 0.771. The molecule has 25 heavy (non-hydrogen) atoms. The molecule has 0 bridgehead atoms. The molecule has 2 N–H and O–H groups in total. The van der Waals surface area contributed by atoms with Crippen molar-refractivity contribution in [2.75, 3.05) is 13.1 Å². The van der Waals surface area contributed by atoms with Crippen LogP contribution in [0.2, 0.25) is 0 Å². The zero-order valence-corrected chi connectivity index (χ0v) is 14.0. The van der Waals surface area contributed by atoms with Crippen molar-refractivity contribution in [3.63, 3.8) is 0 Å². The molecule has 2 atom stereocenters. The van der Waals surface area contributed by atoms with Gasteiger partial charge < -0.3 is 15.5 Å². The summed E-state index contributed by atoms with van der Waals surface area (Å²) in [7, 11) is 0. The van der Waals surface area contributed by atoms with Crippen LogP contribution in [0.15, 0.2) is 24.4 Å². The maximum absolute atomic E-state index is 12.8. The molecule has 2 aliphatic rings. The maximum atomic E-state index is 12.8. The Morgan fingerprint density at radius 1 is 1.20 bits per heavy atom. The summed E-state index contributed by atoms with van der Waals surface area (Å²) >= 11 is 0. The first kappa shape index (κ1) is 15.9. The summed E-state index contributed by atoms with van der Waals surface area (Å²) in [6, 6.07) is 4.97. The van der Waals surface area contributed by atoms with Gasteiger partial charge in [-0.3, -0.25) is 9.20 Å². The van der Waals surface area contributed by atoms with Gasteiger partial charge in [0, 0.05) is 19.3 Å². The Morgan fingerprint density at radius 2 is 2.12 bits per heavy atom. The standard InChI is InChI=1S/C17H22N6O2/c24-16-12(6-1-3-9-18-16)19-17(25)22-11-5-7-13(22)15-21-20-14-8-2-4-10-23(14)15/h2,4,8,10,12-13H,1,3,5-7,9,11H2,(H,18,24)(H,19,25)/t12-,13+/m0/s1. The van der Waals surface area contributed by atoms with Crippen molar-refractivity contribution in [3.05, 3.63) is 30.2 Å². The Balaban J connectivity index is 1.53. The van der Waals surface area contributed by atoms with Gasteiger partial charge in [0.2, 0.25) is 5.91 Å². The van der Waals surface area contributed by atoms with Gasteiger partial charge in [0.1, 0.15) is 6.04 Å². The molecule has 2 aromatic heterocycles. The van der Waals surface area contributed by atoms with Gasteiger partial charge in [-0.25, -0.2) is 4.79 Å². The summed E-state index contributed by atoms with van der Waals surface area (Å²) in [4.78, 5) is 26.6. The molecule has 2 aromatic rings. The quantitative estimate of drug-likeness (QED) is 0.859. The maximum Gasteiger partial charge on any atom is 0.318 e. The molecule has 0 radical (unpaired) electrons. The van der Waals surface area contributed by atoms with Gasteiger partial charge in [-0.15, -0.1) is 10.2 Å². The average Bonchev–Trinajstić information content (AvgIpc) is 3.21. The Labute approximate surface area is 145 Å². The van der Waals surface area contributed by atoms with Gasteiger partial charge >= 0.3 is 6.03 Å². The molecule has 4 heterocycles. The van der Waals surface area contributed by atoms with Crippen LogP contribution in [0.4, 0.5) is 4.79 Å². The number of aromatic nitrogens is 3. The van der Waals surface area contributed by atoms with Crippen molar-refractivity contribution >= 4 is 17.6 Å². The van der Waals surface area contributed by atoms with Crippen molar-refractivity contribution in [2.24, 2.45) is 0 Å². The molecular weight excluding hydrogens is 320 g/mol. The molecule has 2 fully saturated rings. The summed E-state index contributed by atoms with van der Waals surface area (Å²) in [6.45, 7) is 1.34. The van der Waals surface area contributed by atoms with Crippen LogP contribution in [-0.4, -0.2) is 50.6 Å². The summed E-state index contributed by atoms with van der Waals surface area (Å²) in [5, 5.41) is 14.2. The van der Waals surface area contributed by atoms with Gasteiger partial charge in [-0.2, -0.15) is 0 Å². The Kier molecular flexibility index (Phi) is 4.25. The third-order valence-electron chi connectivity index (χ3n) is 4.98. The lowest BCUT2D eigenvalue weighted by Crippen LogP contribution is -2.50. The zero-order valence-electron chi connectivity index (χ0n) is 14.0. The first-order valence-corrected chi connectivity index (χ1v) is 8.88. The second kappa shape index (κ2) is 6.70. The van der Waals surface area contributed by atoms with Crippen molar-refractivity contribution in [1.82, 2.24) is 30.1 Å². The average molecular weight is 342 g/mol. The van der Waals surface area contributed by atoms with E-state index in [1.807, 2.05) is 28.8 Å². The van der Waals surface area contributed by atoms with E-state index >= 15 is 0 Å². The van der Waals surface area contributed by atoms with E-state index in [4.69, 9.17) is 0 Å². The summed E-state index contributed by atoms with van der Waals surface area (Å²) < 4.78 is 1.93. The van der Waals surface area contributed by atoms with E-state index in [9.17, 15) is 9.59 Å². The van der Waals surface area contributed by atoms with Crippen LogP contribution < -0.4 is 10.6 Å². The molecule has 4 rings (SSSR count). The molecule has 0 spiro atoms. The number of carbonyl (C=O) groups excluding carboxylic acids is 2. The monoisotopic (exact) mass is 342 g/mol. The molecule has 8 nitrogen and oxygen atoms in total. The molecule has 0 unspecified atom stereocenters. The second-order valence-electron chi connectivity index (χ2n) is 6.63. The molecule has 3 amide bonds. The molecule has 0 aromatic carbocycles. The fourth-order valence-corrected chi connectivity index (χ4v) is 3.67. The number of urea groups is 1. The number of nitrogens with zero attached hydrogens (tertiary/aromatic N) is 4. The fraction of sp³-hybridized carbons (Fsp3) is 0.529. The minimum Gasteiger partial charge on any atom is -0.354 e. The molecular formula is C17H22N6O2. The highest BCUT2D eigenvalue weighted by atomic mass is 16.2. The molecule has 0 aliphatic carbocycles. The number of fused-ring (bicyclic) bond motifs is 1. The topological polar surface area (TPSA) is 91.6 Å². The molecule has 8 heteroatoms. The van der Waals surface area contributed by atoms with Crippen LogP contribution in [-0.2, 0) is 4.79 Å². The third kappa shape index (κ3) is 3.04. The largest absolute Gasteiger partial charge is 0.354 e. The highest BCUT2D eigenvalue weighted by Crippen LogP contribution is 2.31. The van der Waals surface area contributed by atoms with Crippen LogP contribution >= 0.6 is 0 Å². The number of hydrogen-bond donors (Lipinski definition) is 2. The van der Waals surface area contributed by atoms with E-state index in [-0.39, 0.29) is 18.0 Å². The number of hydrogen-bond acceptors (Lipinski definition) is 4. The second-order valence-corrected chi connectivity index (χ2v) is 6.63. The van der Waals surface area contributed by atoms with Crippen LogP contribution in [0.3, 0.4) is 0 Å². The third-order valence-corrected chi connectivity index (χ3v) is 4.98. The van der Waals surface area contributed by atoms with Crippen LogP contribution in [0.1, 0.15) is 44.0 Å². The van der Waals surface area contributed by atoms with Crippen LogP contribution in [0, 0.1) is 0 Å². The molecule has 2 aliphatic heterocycles. The van der Waals surface area contributed by atoms with Gasteiger partial charge in [0.05, 0.1) is 6.04 Å². The number of likely N-dealkylation sites (tertiary alicyclic amines) is 1. The SMILES string of the molecule is O=C1NCCCC[C@@H]1NC(=O)N1CCC[C@@H]1c1nnc2ccccn12. The highest BCUT2D eigenvalue weighted by molar-refractivity contribution is 5.87. The highest BCUT2D eigenvalue weighted by Gasteiger charge is 2.35. The van der Waals surface area contributed by atoms with Gasteiger partial charge in [-0.05, 0) is 44.2 Å². The van der Waals surface area contributed by atoms with E-state index in [0.717, 1.165) is 37.2 Å². The lowest BCUT2D eigenvalue weighted by molar-refractivity contribution is -0.122. The predicted octanol–water partition coefficient (Wildman–Crippen LogP) is 1.24. The predicted molar refractivity (Wildman–Crippen MR) is 90.8 cm³/mol. The van der Waals surface area contributed by atoms with Gasteiger partial charge in [-0.1, -0.05) is 6.07 Å².